The Labute approximate surface area is 155 Å². The summed E-state index contributed by atoms with van der Waals surface area (Å²) in [6.45, 7) is 8.32. The number of hydrogen-bond acceptors (Lipinski definition) is 6. The second-order valence-corrected chi connectivity index (χ2v) is 8.69. The number of amides is 2. The normalized spacial score (nSPS) is 17.8. The van der Waals surface area contributed by atoms with Gasteiger partial charge in [-0.25, -0.2) is 0 Å². The SMILES string of the molecule is CCOC(C)(C)CCC(=O)NC(CS(=O)(=O)O)C(=O)N1CCN(C)CC1. The molecule has 0 aromatic rings. The summed E-state index contributed by atoms with van der Waals surface area (Å²) in [5.74, 6) is -1.78. The van der Waals surface area contributed by atoms with Gasteiger partial charge in [-0.15, -0.1) is 0 Å². The van der Waals surface area contributed by atoms with E-state index in [4.69, 9.17) is 9.29 Å². The first-order valence-corrected chi connectivity index (χ1v) is 10.4. The van der Waals surface area contributed by atoms with E-state index in [1.54, 1.807) is 0 Å². The monoisotopic (exact) mass is 393 g/mol. The van der Waals surface area contributed by atoms with E-state index in [0.29, 0.717) is 39.2 Å². The summed E-state index contributed by atoms with van der Waals surface area (Å²) in [6.07, 6.45) is 0.513. The van der Waals surface area contributed by atoms with Crippen LogP contribution < -0.4 is 5.32 Å². The first kappa shape index (κ1) is 22.8. The van der Waals surface area contributed by atoms with E-state index in [2.05, 4.69) is 10.2 Å². The molecule has 0 aromatic carbocycles. The Kier molecular flexibility index (Phi) is 8.45. The third-order valence-corrected chi connectivity index (χ3v) is 5.07. The van der Waals surface area contributed by atoms with Crippen LogP contribution in [0.2, 0.25) is 0 Å². The Bertz CT molecular complexity index is 585. The molecule has 0 bridgehead atoms. The fourth-order valence-corrected chi connectivity index (χ4v) is 3.42. The average Bonchev–Trinajstić information content (AvgIpc) is 2.51. The van der Waals surface area contributed by atoms with Gasteiger partial charge in [-0.2, -0.15) is 8.42 Å². The van der Waals surface area contributed by atoms with Gasteiger partial charge in [-0.05, 0) is 34.2 Å². The van der Waals surface area contributed by atoms with Crippen LogP contribution in [0.3, 0.4) is 0 Å². The van der Waals surface area contributed by atoms with Crippen LogP contribution in [-0.4, -0.2) is 91.8 Å². The van der Waals surface area contributed by atoms with Crippen LogP contribution in [0.25, 0.3) is 0 Å². The van der Waals surface area contributed by atoms with E-state index in [0.717, 1.165) is 0 Å². The molecule has 1 atom stereocenters. The highest BCUT2D eigenvalue weighted by molar-refractivity contribution is 7.85. The Morgan fingerprint density at radius 3 is 2.31 bits per heavy atom. The van der Waals surface area contributed by atoms with Gasteiger partial charge in [0.15, 0.2) is 0 Å². The molecule has 1 heterocycles. The van der Waals surface area contributed by atoms with Gasteiger partial charge >= 0.3 is 0 Å². The zero-order chi connectivity index (χ0) is 20.0. The molecule has 2 N–H and O–H groups in total. The quantitative estimate of drug-likeness (QED) is 0.518. The zero-order valence-electron chi connectivity index (χ0n) is 16.0. The minimum Gasteiger partial charge on any atom is -0.376 e. The predicted molar refractivity (Wildman–Crippen MR) is 97.4 cm³/mol. The minimum atomic E-state index is -4.41. The van der Waals surface area contributed by atoms with Crippen molar-refractivity contribution in [1.29, 1.82) is 0 Å². The molecule has 10 heteroatoms. The lowest BCUT2D eigenvalue weighted by Gasteiger charge is -2.34. The predicted octanol–water partition coefficient (Wildman–Crippen LogP) is -0.272. The molecule has 0 aromatic heterocycles. The van der Waals surface area contributed by atoms with E-state index in [1.807, 2.05) is 27.8 Å². The van der Waals surface area contributed by atoms with Crippen LogP contribution in [0.15, 0.2) is 0 Å². The van der Waals surface area contributed by atoms with Gasteiger partial charge < -0.3 is 19.9 Å². The van der Waals surface area contributed by atoms with Crippen molar-refractivity contribution in [3.05, 3.63) is 0 Å². The summed E-state index contributed by atoms with van der Waals surface area (Å²) in [5, 5.41) is 2.46. The van der Waals surface area contributed by atoms with Crippen molar-refractivity contribution < 1.29 is 27.3 Å². The molecule has 1 aliphatic rings. The molecule has 152 valence electrons. The van der Waals surface area contributed by atoms with Gasteiger partial charge in [0.05, 0.1) is 5.60 Å². The minimum absolute atomic E-state index is 0.0883. The number of piperazine rings is 1. The van der Waals surface area contributed by atoms with Gasteiger partial charge in [0.25, 0.3) is 10.1 Å². The molecule has 0 spiro atoms. The van der Waals surface area contributed by atoms with E-state index in [-0.39, 0.29) is 6.42 Å². The molecule has 1 aliphatic heterocycles. The van der Waals surface area contributed by atoms with Gasteiger partial charge in [0.1, 0.15) is 11.8 Å². The summed E-state index contributed by atoms with van der Waals surface area (Å²) in [7, 11) is -2.48. The average molecular weight is 394 g/mol. The molecule has 1 fully saturated rings. The summed E-state index contributed by atoms with van der Waals surface area (Å²) in [5.41, 5.74) is -0.494. The molecule has 1 saturated heterocycles. The number of nitrogens with zero attached hydrogens (tertiary/aromatic N) is 2. The summed E-state index contributed by atoms with van der Waals surface area (Å²) >= 11 is 0. The van der Waals surface area contributed by atoms with Crippen LogP contribution in [0, 0.1) is 0 Å². The molecular weight excluding hydrogens is 362 g/mol. The number of rotatable bonds is 9. The van der Waals surface area contributed by atoms with Crippen molar-refractivity contribution in [1.82, 2.24) is 15.1 Å². The van der Waals surface area contributed by atoms with Gasteiger partial charge in [0.2, 0.25) is 11.8 Å². The van der Waals surface area contributed by atoms with Crippen molar-refractivity contribution in [2.45, 2.75) is 45.3 Å². The fourth-order valence-electron chi connectivity index (χ4n) is 2.78. The van der Waals surface area contributed by atoms with Crippen LogP contribution in [0.1, 0.15) is 33.6 Å². The number of carbonyl (C=O) groups is 2. The topological polar surface area (TPSA) is 116 Å². The van der Waals surface area contributed by atoms with Crippen molar-refractivity contribution >= 4 is 21.9 Å². The van der Waals surface area contributed by atoms with E-state index < -0.39 is 39.3 Å². The van der Waals surface area contributed by atoms with Crippen molar-refractivity contribution in [3.63, 3.8) is 0 Å². The van der Waals surface area contributed by atoms with Gasteiger partial charge in [-0.3, -0.25) is 14.1 Å². The highest BCUT2D eigenvalue weighted by Crippen LogP contribution is 2.16. The zero-order valence-corrected chi connectivity index (χ0v) is 16.8. The van der Waals surface area contributed by atoms with Crippen LogP contribution >= 0.6 is 0 Å². The molecule has 0 saturated carbocycles. The number of likely N-dealkylation sites (N-methyl/N-ethyl adjacent to an activating group) is 1. The summed E-state index contributed by atoms with van der Waals surface area (Å²) in [4.78, 5) is 28.4. The second-order valence-electron chi connectivity index (χ2n) is 7.19. The van der Waals surface area contributed by atoms with Crippen molar-refractivity contribution in [3.8, 4) is 0 Å². The maximum absolute atomic E-state index is 12.6. The lowest BCUT2D eigenvalue weighted by atomic mass is 10.0. The van der Waals surface area contributed by atoms with Crippen LogP contribution in [0.4, 0.5) is 0 Å². The smallest absolute Gasteiger partial charge is 0.267 e. The Balaban J connectivity index is 2.71. The second kappa shape index (κ2) is 9.63. The number of nitrogens with one attached hydrogen (secondary N) is 1. The maximum atomic E-state index is 12.6. The Hall–Kier alpha value is -1.23. The first-order chi connectivity index (χ1) is 11.9. The summed E-state index contributed by atoms with van der Waals surface area (Å²) in [6, 6.07) is -1.30. The number of carbonyl (C=O) groups excluding carboxylic acids is 2. The van der Waals surface area contributed by atoms with Gasteiger partial charge in [-0.1, -0.05) is 0 Å². The summed E-state index contributed by atoms with van der Waals surface area (Å²) < 4.78 is 37.2. The van der Waals surface area contributed by atoms with E-state index >= 15 is 0 Å². The molecule has 0 aliphatic carbocycles. The highest BCUT2D eigenvalue weighted by atomic mass is 32.2. The lowest BCUT2D eigenvalue weighted by Crippen LogP contribution is -2.56. The third kappa shape index (κ3) is 8.43. The van der Waals surface area contributed by atoms with Crippen molar-refractivity contribution in [2.24, 2.45) is 0 Å². The molecule has 9 nitrogen and oxygen atoms in total. The Morgan fingerprint density at radius 1 is 1.23 bits per heavy atom. The molecule has 2 amide bonds. The van der Waals surface area contributed by atoms with Crippen LogP contribution in [0.5, 0.6) is 0 Å². The lowest BCUT2D eigenvalue weighted by molar-refractivity contribution is -0.137. The Morgan fingerprint density at radius 2 is 1.81 bits per heavy atom. The molecule has 1 rings (SSSR count). The fraction of sp³-hybridized carbons (Fsp3) is 0.875. The van der Waals surface area contributed by atoms with Crippen molar-refractivity contribution in [2.75, 3.05) is 45.6 Å². The van der Waals surface area contributed by atoms with E-state index in [1.165, 1.54) is 4.90 Å². The van der Waals surface area contributed by atoms with E-state index in [9.17, 15) is 18.0 Å². The first-order valence-electron chi connectivity index (χ1n) is 8.79. The largest absolute Gasteiger partial charge is 0.376 e. The molecule has 0 radical (unpaired) electrons. The van der Waals surface area contributed by atoms with Gasteiger partial charge in [0, 0.05) is 39.2 Å². The number of ether oxygens (including phenoxy) is 1. The standard InChI is InChI=1S/C16H31N3O6S/c1-5-25-16(2,3)7-6-14(20)17-13(12-26(22,23)24)15(21)19-10-8-18(4)9-11-19/h13H,5-12H2,1-4H3,(H,17,20)(H,22,23,24). The molecular formula is C16H31N3O6S. The molecule has 1 unspecified atom stereocenters. The maximum Gasteiger partial charge on any atom is 0.267 e. The number of hydrogen-bond donors (Lipinski definition) is 2. The highest BCUT2D eigenvalue weighted by Gasteiger charge is 2.31. The van der Waals surface area contributed by atoms with Crippen LogP contribution in [-0.2, 0) is 24.4 Å². The third-order valence-electron chi connectivity index (χ3n) is 4.31. The molecule has 26 heavy (non-hydrogen) atoms.